The summed E-state index contributed by atoms with van der Waals surface area (Å²) in [7, 11) is 2.09. The fourth-order valence-corrected chi connectivity index (χ4v) is 3.79. The molecule has 0 bridgehead atoms. The van der Waals surface area contributed by atoms with Crippen molar-refractivity contribution in [3.8, 4) is 0 Å². The van der Waals surface area contributed by atoms with Gasteiger partial charge in [-0.15, -0.1) is 0 Å². The van der Waals surface area contributed by atoms with Crippen molar-refractivity contribution >= 4 is 11.9 Å². The summed E-state index contributed by atoms with van der Waals surface area (Å²) >= 11 is 0. The van der Waals surface area contributed by atoms with Gasteiger partial charge in [-0.1, -0.05) is 25.8 Å². The van der Waals surface area contributed by atoms with E-state index in [9.17, 15) is 9.59 Å². The number of ether oxygens (including phenoxy) is 1. The van der Waals surface area contributed by atoms with Crippen LogP contribution in [0.1, 0.15) is 52.9 Å². The lowest BCUT2D eigenvalue weighted by Crippen LogP contribution is -2.46. The molecule has 0 aromatic carbocycles. The number of amides is 1. The number of likely N-dealkylation sites (tertiary alicyclic amines) is 1. The quantitative estimate of drug-likeness (QED) is 0.692. The van der Waals surface area contributed by atoms with E-state index in [2.05, 4.69) is 24.9 Å². The fraction of sp³-hybridized carbons (Fsp3) is 0.700. The van der Waals surface area contributed by atoms with E-state index < -0.39 is 5.41 Å². The largest absolute Gasteiger partial charge is 0.465 e. The highest BCUT2D eigenvalue weighted by Crippen LogP contribution is 2.42. The molecule has 2 aliphatic heterocycles. The maximum absolute atomic E-state index is 12.9. The molecule has 0 spiro atoms. The van der Waals surface area contributed by atoms with E-state index in [-0.39, 0.29) is 17.9 Å². The molecule has 1 unspecified atom stereocenters. The highest BCUT2D eigenvalue weighted by molar-refractivity contribution is 5.83. The van der Waals surface area contributed by atoms with Crippen LogP contribution in [0.2, 0.25) is 0 Å². The molecule has 2 aliphatic rings. The van der Waals surface area contributed by atoms with Gasteiger partial charge in [0.25, 0.3) is 0 Å². The minimum absolute atomic E-state index is 0.0309. The van der Waals surface area contributed by atoms with Crippen molar-refractivity contribution in [3.63, 3.8) is 0 Å². The van der Waals surface area contributed by atoms with Gasteiger partial charge in [0.1, 0.15) is 0 Å². The van der Waals surface area contributed by atoms with Gasteiger partial charge in [-0.05, 0) is 58.0 Å². The second-order valence-electron chi connectivity index (χ2n) is 7.18. The van der Waals surface area contributed by atoms with E-state index in [0.29, 0.717) is 6.61 Å². The van der Waals surface area contributed by atoms with E-state index in [0.717, 1.165) is 50.8 Å². The number of hydrogen-bond acceptors (Lipinski definition) is 4. The topological polar surface area (TPSA) is 49.9 Å². The Morgan fingerprint density at radius 3 is 2.52 bits per heavy atom. The van der Waals surface area contributed by atoms with Gasteiger partial charge < -0.3 is 14.5 Å². The third-order valence-corrected chi connectivity index (χ3v) is 5.42. The summed E-state index contributed by atoms with van der Waals surface area (Å²) in [5.41, 5.74) is 0.449. The Morgan fingerprint density at radius 1 is 1.28 bits per heavy atom. The lowest BCUT2D eigenvalue weighted by Gasteiger charge is -2.41. The van der Waals surface area contributed by atoms with Crippen LogP contribution in [-0.4, -0.2) is 54.5 Å². The average Bonchev–Trinajstić information content (AvgIpc) is 2.60. The molecule has 5 heteroatoms. The second kappa shape index (κ2) is 8.65. The summed E-state index contributed by atoms with van der Waals surface area (Å²) in [6, 6.07) is 0.0309. The number of esters is 1. The highest BCUT2D eigenvalue weighted by Gasteiger charge is 2.45. The lowest BCUT2D eigenvalue weighted by molar-refractivity contribution is -0.155. The number of carbonyl (C=O) groups is 2. The molecular weight excluding hydrogens is 316 g/mol. The summed E-state index contributed by atoms with van der Waals surface area (Å²) in [6.07, 6.45) is 10.5. The van der Waals surface area contributed by atoms with Crippen molar-refractivity contribution in [2.45, 2.75) is 58.9 Å². The molecule has 1 amide bonds. The first-order valence-electron chi connectivity index (χ1n) is 9.49. The Kier molecular flexibility index (Phi) is 6.82. The maximum atomic E-state index is 12.9. The molecule has 140 valence electrons. The Hall–Kier alpha value is -1.62. The summed E-state index contributed by atoms with van der Waals surface area (Å²) in [5, 5.41) is 0. The summed E-state index contributed by atoms with van der Waals surface area (Å²) in [4.78, 5) is 28.9. The first-order valence-corrected chi connectivity index (χ1v) is 9.49. The molecule has 0 aliphatic carbocycles. The Morgan fingerprint density at radius 2 is 1.96 bits per heavy atom. The van der Waals surface area contributed by atoms with Crippen molar-refractivity contribution in [1.29, 1.82) is 0 Å². The van der Waals surface area contributed by atoms with Crippen LogP contribution in [0.3, 0.4) is 0 Å². The van der Waals surface area contributed by atoms with Gasteiger partial charge >= 0.3 is 5.97 Å². The monoisotopic (exact) mass is 348 g/mol. The van der Waals surface area contributed by atoms with E-state index in [4.69, 9.17) is 4.74 Å². The van der Waals surface area contributed by atoms with Crippen molar-refractivity contribution in [3.05, 3.63) is 23.9 Å². The third-order valence-electron chi connectivity index (χ3n) is 5.42. The molecular formula is C20H32N2O3. The summed E-state index contributed by atoms with van der Waals surface area (Å²) in [5.74, 6) is -0.0780. The molecule has 0 N–H and O–H groups in total. The van der Waals surface area contributed by atoms with E-state index in [1.165, 1.54) is 0 Å². The van der Waals surface area contributed by atoms with Crippen molar-refractivity contribution < 1.29 is 14.3 Å². The van der Waals surface area contributed by atoms with Gasteiger partial charge in [0.05, 0.1) is 18.1 Å². The molecule has 2 heterocycles. The number of allylic oxidation sites excluding steroid dienone is 1. The maximum Gasteiger partial charge on any atom is 0.316 e. The normalized spacial score (nSPS) is 23.3. The van der Waals surface area contributed by atoms with Crippen LogP contribution in [0, 0.1) is 5.41 Å². The molecule has 0 saturated carbocycles. The first kappa shape index (κ1) is 19.7. The van der Waals surface area contributed by atoms with Crippen LogP contribution in [-0.2, 0) is 14.3 Å². The van der Waals surface area contributed by atoms with Gasteiger partial charge in [-0.2, -0.15) is 0 Å². The van der Waals surface area contributed by atoms with Gasteiger partial charge in [-0.3, -0.25) is 9.59 Å². The number of nitrogens with zero attached hydrogens (tertiary/aromatic N) is 2. The molecule has 2 rings (SSSR count). The SMILES string of the molecule is CCCCC1C=C(C2(C(=O)OCC)CCN(C)CC2)C=CN1C(C)=O. The zero-order chi connectivity index (χ0) is 18.4. The highest BCUT2D eigenvalue weighted by atomic mass is 16.5. The van der Waals surface area contributed by atoms with Crippen LogP contribution >= 0.6 is 0 Å². The van der Waals surface area contributed by atoms with Crippen LogP contribution in [0.15, 0.2) is 23.9 Å². The predicted octanol–water partition coefficient (Wildman–Crippen LogP) is 3.12. The van der Waals surface area contributed by atoms with Crippen molar-refractivity contribution in [2.75, 3.05) is 26.7 Å². The molecule has 25 heavy (non-hydrogen) atoms. The Labute approximate surface area is 151 Å². The van der Waals surface area contributed by atoms with Gasteiger partial charge in [0, 0.05) is 13.1 Å². The van der Waals surface area contributed by atoms with Crippen LogP contribution in [0.4, 0.5) is 0 Å². The number of piperidine rings is 1. The second-order valence-corrected chi connectivity index (χ2v) is 7.18. The van der Waals surface area contributed by atoms with E-state index in [1.54, 1.807) is 11.8 Å². The smallest absolute Gasteiger partial charge is 0.316 e. The minimum atomic E-state index is -0.577. The summed E-state index contributed by atoms with van der Waals surface area (Å²) in [6.45, 7) is 7.75. The van der Waals surface area contributed by atoms with Gasteiger partial charge in [0.15, 0.2) is 0 Å². The molecule has 0 aromatic heterocycles. The van der Waals surface area contributed by atoms with Gasteiger partial charge in [0.2, 0.25) is 5.91 Å². The molecule has 1 fully saturated rings. The zero-order valence-electron chi connectivity index (χ0n) is 16.1. The van der Waals surface area contributed by atoms with Crippen molar-refractivity contribution in [1.82, 2.24) is 9.80 Å². The average molecular weight is 348 g/mol. The van der Waals surface area contributed by atoms with Crippen LogP contribution in [0.25, 0.3) is 0 Å². The first-order chi connectivity index (χ1) is 11.9. The van der Waals surface area contributed by atoms with E-state index in [1.807, 2.05) is 19.2 Å². The van der Waals surface area contributed by atoms with Gasteiger partial charge in [-0.25, -0.2) is 0 Å². The molecule has 0 radical (unpaired) electrons. The van der Waals surface area contributed by atoms with Crippen LogP contribution in [0.5, 0.6) is 0 Å². The zero-order valence-corrected chi connectivity index (χ0v) is 16.1. The van der Waals surface area contributed by atoms with Crippen molar-refractivity contribution in [2.24, 2.45) is 5.41 Å². The molecule has 1 saturated heterocycles. The third kappa shape index (κ3) is 4.32. The van der Waals surface area contributed by atoms with Crippen LogP contribution < -0.4 is 0 Å². The lowest BCUT2D eigenvalue weighted by atomic mass is 9.71. The predicted molar refractivity (Wildman–Crippen MR) is 98.9 cm³/mol. The molecule has 1 atom stereocenters. The number of carbonyl (C=O) groups excluding carboxylic acids is 2. The fourth-order valence-electron chi connectivity index (χ4n) is 3.79. The number of unbranched alkanes of at least 4 members (excludes halogenated alkanes) is 1. The van der Waals surface area contributed by atoms with E-state index >= 15 is 0 Å². The summed E-state index contributed by atoms with van der Waals surface area (Å²) < 4.78 is 5.45. The molecule has 5 nitrogen and oxygen atoms in total. The number of hydrogen-bond donors (Lipinski definition) is 0. The standard InChI is InChI=1S/C20H32N2O3/c1-5-7-8-18-15-17(9-12-22(18)16(3)23)20(19(24)25-6-2)10-13-21(4)14-11-20/h9,12,15,18H,5-8,10-11,13-14H2,1-4H3. The number of rotatable bonds is 6. The Balaban J connectivity index is 2.33. The minimum Gasteiger partial charge on any atom is -0.465 e. The Bertz CT molecular complexity index is 545. The molecule has 0 aromatic rings.